The summed E-state index contributed by atoms with van der Waals surface area (Å²) in [5, 5.41) is 2.54. The number of rotatable bonds is 2. The van der Waals surface area contributed by atoms with Crippen molar-refractivity contribution in [1.29, 1.82) is 0 Å². The van der Waals surface area contributed by atoms with Gasteiger partial charge < -0.3 is 4.98 Å². The average molecular weight is 288 g/mol. The van der Waals surface area contributed by atoms with Gasteiger partial charge in [0.2, 0.25) is 0 Å². The highest BCUT2D eigenvalue weighted by atomic mass is 32.1. The Morgan fingerprint density at radius 1 is 1.35 bits per heavy atom. The Morgan fingerprint density at radius 2 is 2.15 bits per heavy atom. The number of aromatic nitrogens is 4. The van der Waals surface area contributed by atoms with Crippen molar-refractivity contribution >= 4 is 21.6 Å². The van der Waals surface area contributed by atoms with Gasteiger partial charge in [0, 0.05) is 11.8 Å². The van der Waals surface area contributed by atoms with Crippen molar-refractivity contribution in [3.05, 3.63) is 55.6 Å². The summed E-state index contributed by atoms with van der Waals surface area (Å²) in [5.74, 6) is 0.450. The Balaban J connectivity index is 2.11. The fourth-order valence-corrected chi connectivity index (χ4v) is 2.97. The van der Waals surface area contributed by atoms with Crippen molar-refractivity contribution in [2.45, 2.75) is 20.4 Å². The molecule has 0 amide bonds. The number of thiophene rings is 1. The number of nitrogens with zero attached hydrogens (tertiary/aromatic N) is 3. The standard InChI is InChI=1S/C13H12N4O2S/c1-7-5-20-12-11(7)13(19)17(6-14-12)4-9-15-8(2)3-10(18)16-9/h3,5-6H,4H2,1-2H3,(H,15,16,18). The van der Waals surface area contributed by atoms with E-state index < -0.39 is 0 Å². The zero-order chi connectivity index (χ0) is 14.3. The number of fused-ring (bicyclic) bond motifs is 1. The molecule has 1 N–H and O–H groups in total. The highest BCUT2D eigenvalue weighted by Gasteiger charge is 2.10. The topological polar surface area (TPSA) is 80.6 Å². The van der Waals surface area contributed by atoms with E-state index in [9.17, 15) is 9.59 Å². The van der Waals surface area contributed by atoms with Crippen LogP contribution in [0.2, 0.25) is 0 Å². The summed E-state index contributed by atoms with van der Waals surface area (Å²) >= 11 is 1.45. The molecule has 0 spiro atoms. The zero-order valence-corrected chi connectivity index (χ0v) is 11.8. The first-order valence-electron chi connectivity index (χ1n) is 6.04. The number of H-pyrrole nitrogens is 1. The molecule has 0 aliphatic heterocycles. The molecule has 3 rings (SSSR count). The molecule has 102 valence electrons. The van der Waals surface area contributed by atoms with Crippen LogP contribution in [-0.4, -0.2) is 19.5 Å². The Bertz CT molecular complexity index is 907. The minimum Gasteiger partial charge on any atom is -0.309 e. The lowest BCUT2D eigenvalue weighted by Crippen LogP contribution is -2.23. The first kappa shape index (κ1) is 12.7. The molecule has 0 aliphatic rings. The maximum Gasteiger partial charge on any atom is 0.262 e. The van der Waals surface area contributed by atoms with Crippen LogP contribution in [-0.2, 0) is 6.54 Å². The molecule has 0 radical (unpaired) electrons. The van der Waals surface area contributed by atoms with Gasteiger partial charge >= 0.3 is 0 Å². The van der Waals surface area contributed by atoms with Gasteiger partial charge in [-0.1, -0.05) is 0 Å². The van der Waals surface area contributed by atoms with Gasteiger partial charge in [-0.2, -0.15) is 0 Å². The lowest BCUT2D eigenvalue weighted by atomic mass is 10.3. The number of hydrogen-bond acceptors (Lipinski definition) is 5. The molecular weight excluding hydrogens is 276 g/mol. The molecule has 0 fully saturated rings. The predicted octanol–water partition coefficient (Wildman–Crippen LogP) is 1.21. The van der Waals surface area contributed by atoms with E-state index in [2.05, 4.69) is 15.0 Å². The Labute approximate surface area is 117 Å². The monoisotopic (exact) mass is 288 g/mol. The smallest absolute Gasteiger partial charge is 0.262 e. The third kappa shape index (κ3) is 2.16. The number of aromatic amines is 1. The van der Waals surface area contributed by atoms with Crippen molar-refractivity contribution in [2.75, 3.05) is 0 Å². The first-order valence-corrected chi connectivity index (χ1v) is 6.92. The van der Waals surface area contributed by atoms with Crippen LogP contribution in [0.3, 0.4) is 0 Å². The summed E-state index contributed by atoms with van der Waals surface area (Å²) in [6.07, 6.45) is 1.49. The van der Waals surface area contributed by atoms with Crippen LogP contribution in [0.4, 0.5) is 0 Å². The van der Waals surface area contributed by atoms with E-state index in [0.29, 0.717) is 16.9 Å². The molecule has 0 aliphatic carbocycles. The molecule has 3 heterocycles. The quantitative estimate of drug-likeness (QED) is 0.768. The molecule has 3 aromatic heterocycles. The summed E-state index contributed by atoms with van der Waals surface area (Å²) in [6, 6.07) is 1.41. The van der Waals surface area contributed by atoms with E-state index in [1.807, 2.05) is 12.3 Å². The zero-order valence-electron chi connectivity index (χ0n) is 11.0. The number of aryl methyl sites for hydroxylation is 2. The molecule has 0 unspecified atom stereocenters. The van der Waals surface area contributed by atoms with Gasteiger partial charge in [-0.25, -0.2) is 9.97 Å². The predicted molar refractivity (Wildman–Crippen MR) is 77.3 cm³/mol. The Hall–Kier alpha value is -2.28. The van der Waals surface area contributed by atoms with Crippen molar-refractivity contribution in [3.63, 3.8) is 0 Å². The highest BCUT2D eigenvalue weighted by Crippen LogP contribution is 2.19. The van der Waals surface area contributed by atoms with E-state index in [0.717, 1.165) is 10.4 Å². The summed E-state index contributed by atoms with van der Waals surface area (Å²) < 4.78 is 1.46. The largest absolute Gasteiger partial charge is 0.309 e. The third-order valence-corrected chi connectivity index (χ3v) is 3.99. The molecule has 0 saturated heterocycles. The fraction of sp³-hybridized carbons (Fsp3) is 0.231. The van der Waals surface area contributed by atoms with Crippen molar-refractivity contribution in [2.24, 2.45) is 0 Å². The fourth-order valence-electron chi connectivity index (χ4n) is 2.09. The van der Waals surface area contributed by atoms with Crippen LogP contribution < -0.4 is 11.1 Å². The second kappa shape index (κ2) is 4.68. The van der Waals surface area contributed by atoms with Gasteiger partial charge in [0.1, 0.15) is 10.7 Å². The van der Waals surface area contributed by atoms with Gasteiger partial charge in [-0.3, -0.25) is 14.2 Å². The molecule has 3 aromatic rings. The normalized spacial score (nSPS) is 11.1. The minimum absolute atomic E-state index is 0.113. The molecule has 0 aromatic carbocycles. The second-order valence-electron chi connectivity index (χ2n) is 4.61. The molecule has 6 nitrogen and oxygen atoms in total. The van der Waals surface area contributed by atoms with Crippen molar-refractivity contribution in [1.82, 2.24) is 19.5 Å². The molecule has 0 bridgehead atoms. The number of hydrogen-bond donors (Lipinski definition) is 1. The molecule has 0 saturated carbocycles. The summed E-state index contributed by atoms with van der Waals surface area (Å²) in [6.45, 7) is 3.83. The Morgan fingerprint density at radius 3 is 2.90 bits per heavy atom. The van der Waals surface area contributed by atoms with Gasteiger partial charge in [-0.15, -0.1) is 11.3 Å². The van der Waals surface area contributed by atoms with Gasteiger partial charge in [0.05, 0.1) is 18.3 Å². The van der Waals surface area contributed by atoms with Crippen molar-refractivity contribution < 1.29 is 0 Å². The molecule has 0 atom stereocenters. The highest BCUT2D eigenvalue weighted by molar-refractivity contribution is 7.16. The van der Waals surface area contributed by atoms with E-state index in [4.69, 9.17) is 0 Å². The van der Waals surface area contributed by atoms with Gasteiger partial charge in [0.25, 0.3) is 11.1 Å². The van der Waals surface area contributed by atoms with Crippen LogP contribution in [0, 0.1) is 13.8 Å². The molecule has 20 heavy (non-hydrogen) atoms. The van der Waals surface area contributed by atoms with E-state index >= 15 is 0 Å². The minimum atomic E-state index is -0.221. The summed E-state index contributed by atoms with van der Waals surface area (Å²) in [5.41, 5.74) is 1.21. The van der Waals surface area contributed by atoms with Crippen LogP contribution in [0.1, 0.15) is 17.1 Å². The van der Waals surface area contributed by atoms with E-state index in [-0.39, 0.29) is 17.7 Å². The summed E-state index contributed by atoms with van der Waals surface area (Å²) in [4.78, 5) is 35.7. The van der Waals surface area contributed by atoms with Gasteiger partial charge in [0.15, 0.2) is 0 Å². The first-order chi connectivity index (χ1) is 9.54. The van der Waals surface area contributed by atoms with E-state index in [1.54, 1.807) is 6.92 Å². The maximum atomic E-state index is 12.4. The average Bonchev–Trinajstić information content (AvgIpc) is 2.74. The van der Waals surface area contributed by atoms with Gasteiger partial charge in [-0.05, 0) is 24.8 Å². The van der Waals surface area contributed by atoms with Crippen LogP contribution in [0.25, 0.3) is 10.2 Å². The van der Waals surface area contributed by atoms with Crippen LogP contribution >= 0.6 is 11.3 Å². The third-order valence-electron chi connectivity index (χ3n) is 2.98. The van der Waals surface area contributed by atoms with Crippen LogP contribution in [0.15, 0.2) is 27.4 Å². The van der Waals surface area contributed by atoms with E-state index in [1.165, 1.54) is 28.3 Å². The second-order valence-corrected chi connectivity index (χ2v) is 5.47. The SMILES string of the molecule is Cc1cc(=O)[nH]c(Cn2cnc3scc(C)c3c2=O)n1. The van der Waals surface area contributed by atoms with Crippen LogP contribution in [0.5, 0.6) is 0 Å². The Kier molecular flexibility index (Phi) is 2.98. The lowest BCUT2D eigenvalue weighted by Gasteiger charge is -2.05. The lowest BCUT2D eigenvalue weighted by molar-refractivity contribution is 0.699. The summed E-state index contributed by atoms with van der Waals surface area (Å²) in [7, 11) is 0. The number of nitrogens with one attached hydrogen (secondary N) is 1. The molecular formula is C13H12N4O2S. The van der Waals surface area contributed by atoms with Crippen molar-refractivity contribution in [3.8, 4) is 0 Å². The molecule has 7 heteroatoms. The maximum absolute atomic E-state index is 12.4.